The molecule has 0 bridgehead atoms. The highest BCUT2D eigenvalue weighted by molar-refractivity contribution is 6.30. The lowest BCUT2D eigenvalue weighted by molar-refractivity contribution is -0.130. The normalized spacial score (nSPS) is 10.1. The lowest BCUT2D eigenvalue weighted by atomic mass is 10.2. The zero-order valence-electron chi connectivity index (χ0n) is 9.87. The zero-order chi connectivity index (χ0) is 12.8. The molecular weight excluding hydrogens is 261 g/mol. The third-order valence-electron chi connectivity index (χ3n) is 2.38. The van der Waals surface area contributed by atoms with Crippen molar-refractivity contribution in [2.45, 2.75) is 13.0 Å². The molecule has 0 atom stereocenters. The average molecular weight is 276 g/mol. The molecule has 0 aromatic heterocycles. The molecule has 0 saturated heterocycles. The Morgan fingerprint density at radius 1 is 1.47 bits per heavy atom. The smallest absolute Gasteiger partial charge is 0.223 e. The Morgan fingerprint density at radius 2 is 2.18 bits per heavy atom. The van der Waals surface area contributed by atoms with E-state index in [1.807, 2.05) is 0 Å². The highest BCUT2D eigenvalue weighted by Crippen LogP contribution is 2.23. The molecule has 1 rings (SSSR count). The highest BCUT2D eigenvalue weighted by Gasteiger charge is 2.11. The maximum atomic E-state index is 11.6. The fourth-order valence-corrected chi connectivity index (χ4v) is 1.84. The molecule has 94 valence electrons. The number of hydrogen-bond donors (Lipinski definition) is 0. The van der Waals surface area contributed by atoms with Crippen molar-refractivity contribution in [3.8, 4) is 5.75 Å². The molecule has 0 saturated carbocycles. The van der Waals surface area contributed by atoms with E-state index in [0.717, 1.165) is 11.3 Å². The molecule has 3 nitrogen and oxygen atoms in total. The third kappa shape index (κ3) is 4.10. The van der Waals surface area contributed by atoms with Crippen LogP contribution in [0, 0.1) is 0 Å². The van der Waals surface area contributed by atoms with Gasteiger partial charge in [0.2, 0.25) is 5.91 Å². The minimum Gasteiger partial charge on any atom is -0.496 e. The number of methoxy groups -OCH3 is 1. The van der Waals surface area contributed by atoms with E-state index in [1.54, 1.807) is 37.3 Å². The summed E-state index contributed by atoms with van der Waals surface area (Å²) in [6.07, 6.45) is 0.334. The van der Waals surface area contributed by atoms with E-state index >= 15 is 0 Å². The van der Waals surface area contributed by atoms with Crippen molar-refractivity contribution in [3.63, 3.8) is 0 Å². The standard InChI is InChI=1S/C12H15Cl2NO2/c1-15(12(16)5-6-13)8-9-7-10(14)3-4-11(9)17-2/h3-4,7H,5-6,8H2,1-2H3. The Kier molecular flexibility index (Phi) is 5.59. The predicted molar refractivity (Wildman–Crippen MR) is 69.8 cm³/mol. The van der Waals surface area contributed by atoms with Gasteiger partial charge in [0, 0.05) is 36.5 Å². The molecule has 0 radical (unpaired) electrons. The van der Waals surface area contributed by atoms with Crippen molar-refractivity contribution >= 4 is 29.1 Å². The van der Waals surface area contributed by atoms with Crippen LogP contribution in [0.2, 0.25) is 5.02 Å². The van der Waals surface area contributed by atoms with Crippen molar-refractivity contribution < 1.29 is 9.53 Å². The monoisotopic (exact) mass is 275 g/mol. The number of benzene rings is 1. The first-order valence-corrected chi connectivity index (χ1v) is 6.12. The van der Waals surface area contributed by atoms with Gasteiger partial charge < -0.3 is 9.64 Å². The van der Waals surface area contributed by atoms with Crippen molar-refractivity contribution in [2.75, 3.05) is 20.0 Å². The van der Waals surface area contributed by atoms with Crippen molar-refractivity contribution in [3.05, 3.63) is 28.8 Å². The molecule has 0 heterocycles. The van der Waals surface area contributed by atoms with E-state index in [4.69, 9.17) is 27.9 Å². The van der Waals surface area contributed by atoms with Gasteiger partial charge in [-0.3, -0.25) is 4.79 Å². The summed E-state index contributed by atoms with van der Waals surface area (Å²) in [5.74, 6) is 1.05. The van der Waals surface area contributed by atoms with Gasteiger partial charge in [0.15, 0.2) is 0 Å². The van der Waals surface area contributed by atoms with Crippen LogP contribution in [-0.2, 0) is 11.3 Å². The van der Waals surface area contributed by atoms with Crippen molar-refractivity contribution in [2.24, 2.45) is 0 Å². The van der Waals surface area contributed by atoms with Crippen LogP contribution in [0.5, 0.6) is 5.75 Å². The maximum absolute atomic E-state index is 11.6. The predicted octanol–water partition coefficient (Wildman–Crippen LogP) is 2.94. The molecule has 0 aliphatic carbocycles. The number of halogens is 2. The lowest BCUT2D eigenvalue weighted by Crippen LogP contribution is -2.26. The summed E-state index contributed by atoms with van der Waals surface area (Å²) >= 11 is 11.5. The zero-order valence-corrected chi connectivity index (χ0v) is 11.4. The number of alkyl halides is 1. The summed E-state index contributed by atoms with van der Waals surface area (Å²) in [6, 6.07) is 5.34. The van der Waals surface area contributed by atoms with Crippen LogP contribution in [-0.4, -0.2) is 30.8 Å². The molecule has 0 fully saturated rings. The van der Waals surface area contributed by atoms with E-state index in [1.165, 1.54) is 0 Å². The van der Waals surface area contributed by atoms with Gasteiger partial charge in [-0.2, -0.15) is 0 Å². The van der Waals surface area contributed by atoms with Crippen LogP contribution in [0.3, 0.4) is 0 Å². The number of carbonyl (C=O) groups is 1. The van der Waals surface area contributed by atoms with Gasteiger partial charge in [-0.1, -0.05) is 11.6 Å². The average Bonchev–Trinajstić information content (AvgIpc) is 2.29. The summed E-state index contributed by atoms with van der Waals surface area (Å²) in [5.41, 5.74) is 0.880. The first-order chi connectivity index (χ1) is 8.08. The largest absolute Gasteiger partial charge is 0.496 e. The number of nitrogens with zero attached hydrogens (tertiary/aromatic N) is 1. The molecule has 0 aliphatic heterocycles. The molecule has 5 heteroatoms. The third-order valence-corrected chi connectivity index (χ3v) is 2.81. The van der Waals surface area contributed by atoms with Gasteiger partial charge in [-0.05, 0) is 18.2 Å². The fourth-order valence-electron chi connectivity index (χ4n) is 1.49. The molecule has 1 aromatic rings. The summed E-state index contributed by atoms with van der Waals surface area (Å²) < 4.78 is 5.22. The highest BCUT2D eigenvalue weighted by atomic mass is 35.5. The molecule has 17 heavy (non-hydrogen) atoms. The van der Waals surface area contributed by atoms with Gasteiger partial charge in [0.1, 0.15) is 5.75 Å². The van der Waals surface area contributed by atoms with Gasteiger partial charge in [-0.15, -0.1) is 11.6 Å². The van der Waals surface area contributed by atoms with Crippen LogP contribution in [0.15, 0.2) is 18.2 Å². The number of amides is 1. The summed E-state index contributed by atoms with van der Waals surface area (Å²) in [4.78, 5) is 13.2. The van der Waals surface area contributed by atoms with E-state index in [9.17, 15) is 4.79 Å². The van der Waals surface area contributed by atoms with E-state index in [0.29, 0.717) is 23.9 Å². The molecule has 0 N–H and O–H groups in total. The van der Waals surface area contributed by atoms with E-state index in [2.05, 4.69) is 0 Å². The summed E-state index contributed by atoms with van der Waals surface area (Å²) in [7, 11) is 3.32. The number of hydrogen-bond acceptors (Lipinski definition) is 2. The van der Waals surface area contributed by atoms with Crippen LogP contribution in [0.25, 0.3) is 0 Å². The first-order valence-electron chi connectivity index (χ1n) is 5.20. The summed E-state index contributed by atoms with van der Waals surface area (Å²) in [5, 5.41) is 0.624. The quantitative estimate of drug-likeness (QED) is 0.774. The second-order valence-electron chi connectivity index (χ2n) is 3.64. The SMILES string of the molecule is COc1ccc(Cl)cc1CN(C)C(=O)CCCl. The first kappa shape index (κ1) is 14.1. The fraction of sp³-hybridized carbons (Fsp3) is 0.417. The van der Waals surface area contributed by atoms with Crippen LogP contribution in [0.1, 0.15) is 12.0 Å². The van der Waals surface area contributed by atoms with Gasteiger partial charge in [0.05, 0.1) is 7.11 Å². The Bertz CT molecular complexity index is 396. The lowest BCUT2D eigenvalue weighted by Gasteiger charge is -2.18. The molecule has 1 aromatic carbocycles. The molecule has 0 aliphatic rings. The Balaban J connectivity index is 2.79. The molecule has 0 unspecified atom stereocenters. The Hall–Kier alpha value is -0.930. The van der Waals surface area contributed by atoms with E-state index < -0.39 is 0 Å². The van der Waals surface area contributed by atoms with Gasteiger partial charge in [0.25, 0.3) is 0 Å². The minimum atomic E-state index is 0.00188. The molecular formula is C12H15Cl2NO2. The molecule has 1 amide bonds. The van der Waals surface area contributed by atoms with Crippen LogP contribution in [0.4, 0.5) is 0 Å². The topological polar surface area (TPSA) is 29.5 Å². The van der Waals surface area contributed by atoms with E-state index in [-0.39, 0.29) is 5.91 Å². The molecule has 0 spiro atoms. The number of ether oxygens (including phenoxy) is 1. The van der Waals surface area contributed by atoms with Crippen molar-refractivity contribution in [1.29, 1.82) is 0 Å². The van der Waals surface area contributed by atoms with Gasteiger partial charge >= 0.3 is 0 Å². The summed E-state index contributed by atoms with van der Waals surface area (Å²) in [6.45, 7) is 0.458. The Labute approximate surface area is 111 Å². The number of rotatable bonds is 5. The minimum absolute atomic E-state index is 0.00188. The second kappa shape index (κ2) is 6.72. The van der Waals surface area contributed by atoms with Crippen LogP contribution < -0.4 is 4.74 Å². The number of carbonyl (C=O) groups excluding carboxylic acids is 1. The Morgan fingerprint density at radius 3 is 2.76 bits per heavy atom. The second-order valence-corrected chi connectivity index (χ2v) is 4.46. The van der Waals surface area contributed by atoms with Crippen LogP contribution >= 0.6 is 23.2 Å². The maximum Gasteiger partial charge on any atom is 0.223 e. The van der Waals surface area contributed by atoms with Crippen molar-refractivity contribution in [1.82, 2.24) is 4.90 Å². The van der Waals surface area contributed by atoms with Gasteiger partial charge in [-0.25, -0.2) is 0 Å².